The lowest BCUT2D eigenvalue weighted by Crippen LogP contribution is -2.21. The van der Waals surface area contributed by atoms with Crippen molar-refractivity contribution in [3.63, 3.8) is 0 Å². The van der Waals surface area contributed by atoms with Crippen LogP contribution in [-0.4, -0.2) is 17.6 Å². The molecule has 0 radical (unpaired) electrons. The first-order valence-electron chi connectivity index (χ1n) is 5.38. The molecule has 0 unspecified atom stereocenters. The molecule has 7 heteroatoms. The first-order valence-corrected chi connectivity index (χ1v) is 5.38. The number of aromatic amines is 1. The van der Waals surface area contributed by atoms with Crippen LogP contribution in [0.5, 0.6) is 0 Å². The topological polar surface area (TPSA) is 85.2 Å². The Kier molecular flexibility index (Phi) is 4.96. The molecule has 0 atom stereocenters. The molecule has 1 heterocycles. The van der Waals surface area contributed by atoms with E-state index < -0.39 is 23.5 Å². The number of esters is 1. The number of H-pyrrole nitrogens is 1. The van der Waals surface area contributed by atoms with Gasteiger partial charge >= 0.3 is 5.97 Å². The molecular weight excluding hydrogens is 246 g/mol. The second kappa shape index (κ2) is 6.25. The number of rotatable bonds is 5. The van der Waals surface area contributed by atoms with Crippen molar-refractivity contribution in [2.75, 3.05) is 6.61 Å². The maximum atomic E-state index is 12.6. The molecule has 5 nitrogen and oxygen atoms in total. The van der Waals surface area contributed by atoms with Gasteiger partial charge in [-0.2, -0.15) is 0 Å². The van der Waals surface area contributed by atoms with Crippen molar-refractivity contribution in [2.24, 2.45) is 5.73 Å². The third-order valence-corrected chi connectivity index (χ3v) is 2.29. The van der Waals surface area contributed by atoms with Crippen molar-refractivity contribution in [1.82, 2.24) is 4.98 Å². The summed E-state index contributed by atoms with van der Waals surface area (Å²) in [6.07, 6.45) is -3.08. The van der Waals surface area contributed by atoms with Gasteiger partial charge in [-0.05, 0) is 18.6 Å². The molecule has 3 N–H and O–H groups in total. The van der Waals surface area contributed by atoms with Crippen LogP contribution < -0.4 is 11.3 Å². The molecule has 0 aromatic carbocycles. The van der Waals surface area contributed by atoms with E-state index in [2.05, 4.69) is 4.98 Å². The molecule has 18 heavy (non-hydrogen) atoms. The van der Waals surface area contributed by atoms with Gasteiger partial charge in [0.25, 0.3) is 12.0 Å². The van der Waals surface area contributed by atoms with E-state index in [1.54, 1.807) is 6.92 Å². The predicted molar refractivity (Wildman–Crippen MR) is 60.2 cm³/mol. The number of alkyl halides is 2. The minimum atomic E-state index is -2.90. The maximum Gasteiger partial charge on any atom is 0.311 e. The number of halogens is 2. The van der Waals surface area contributed by atoms with Gasteiger partial charge in [0.05, 0.1) is 18.6 Å². The van der Waals surface area contributed by atoms with Gasteiger partial charge < -0.3 is 15.5 Å². The highest BCUT2D eigenvalue weighted by atomic mass is 19.3. The number of carbonyl (C=O) groups is 1. The molecule has 0 fully saturated rings. The highest BCUT2D eigenvalue weighted by Crippen LogP contribution is 2.19. The third kappa shape index (κ3) is 3.36. The SMILES string of the molecule is CCOC(=O)Cc1cc(CN)c(C(F)F)c(=O)[nH]1. The Hall–Kier alpha value is -1.76. The molecule has 0 aliphatic rings. The summed E-state index contributed by atoms with van der Waals surface area (Å²) < 4.78 is 29.9. The van der Waals surface area contributed by atoms with Crippen LogP contribution in [0, 0.1) is 0 Å². The van der Waals surface area contributed by atoms with Crippen molar-refractivity contribution in [2.45, 2.75) is 26.3 Å². The lowest BCUT2D eigenvalue weighted by atomic mass is 10.1. The Bertz CT molecular complexity index is 486. The largest absolute Gasteiger partial charge is 0.466 e. The summed E-state index contributed by atoms with van der Waals surface area (Å²) in [5.74, 6) is -0.541. The molecule has 1 aromatic rings. The monoisotopic (exact) mass is 260 g/mol. The summed E-state index contributed by atoms with van der Waals surface area (Å²) in [6, 6.07) is 1.29. The highest BCUT2D eigenvalue weighted by Gasteiger charge is 2.18. The van der Waals surface area contributed by atoms with Gasteiger partial charge in [-0.3, -0.25) is 9.59 Å². The minimum Gasteiger partial charge on any atom is -0.466 e. The van der Waals surface area contributed by atoms with E-state index >= 15 is 0 Å². The van der Waals surface area contributed by atoms with Gasteiger partial charge in [0.1, 0.15) is 0 Å². The Labute approximate surface area is 102 Å². The van der Waals surface area contributed by atoms with E-state index in [-0.39, 0.29) is 30.8 Å². The average Bonchev–Trinajstić information content (AvgIpc) is 2.27. The molecule has 0 aliphatic carbocycles. The molecule has 0 saturated heterocycles. The summed E-state index contributed by atoms with van der Waals surface area (Å²) in [5, 5.41) is 0. The Morgan fingerprint density at radius 2 is 2.22 bits per heavy atom. The van der Waals surface area contributed by atoms with Gasteiger partial charge in [0.2, 0.25) is 0 Å². The summed E-state index contributed by atoms with van der Waals surface area (Å²) in [5.41, 5.74) is 3.99. The maximum absolute atomic E-state index is 12.6. The van der Waals surface area contributed by atoms with E-state index in [0.29, 0.717) is 0 Å². The van der Waals surface area contributed by atoms with Crippen LogP contribution in [0.1, 0.15) is 30.2 Å². The van der Waals surface area contributed by atoms with Crippen molar-refractivity contribution in [3.8, 4) is 0 Å². The molecule has 0 bridgehead atoms. The van der Waals surface area contributed by atoms with Crippen molar-refractivity contribution in [3.05, 3.63) is 33.2 Å². The molecule has 1 aromatic heterocycles. The van der Waals surface area contributed by atoms with E-state index in [1.165, 1.54) is 6.07 Å². The Balaban J connectivity index is 3.07. The van der Waals surface area contributed by atoms with Gasteiger partial charge in [0, 0.05) is 12.2 Å². The number of aromatic nitrogens is 1. The Morgan fingerprint density at radius 3 is 2.72 bits per heavy atom. The first kappa shape index (κ1) is 14.3. The van der Waals surface area contributed by atoms with E-state index in [4.69, 9.17) is 10.5 Å². The lowest BCUT2D eigenvalue weighted by Gasteiger charge is -2.08. The second-order valence-corrected chi connectivity index (χ2v) is 3.55. The Morgan fingerprint density at radius 1 is 1.56 bits per heavy atom. The average molecular weight is 260 g/mol. The summed E-state index contributed by atoms with van der Waals surface area (Å²) in [4.78, 5) is 24.9. The fraction of sp³-hybridized carbons (Fsp3) is 0.455. The van der Waals surface area contributed by atoms with Crippen LogP contribution in [0.3, 0.4) is 0 Å². The standard InChI is InChI=1S/C11H14F2N2O3/c1-2-18-8(16)4-7-3-6(5-14)9(10(12)13)11(17)15-7/h3,10H,2,4-5,14H2,1H3,(H,15,17). The van der Waals surface area contributed by atoms with Crippen LogP contribution >= 0.6 is 0 Å². The number of carbonyl (C=O) groups excluding carboxylic acids is 1. The van der Waals surface area contributed by atoms with Crippen molar-refractivity contribution < 1.29 is 18.3 Å². The van der Waals surface area contributed by atoms with Crippen LogP contribution in [0.4, 0.5) is 8.78 Å². The molecule has 1 rings (SSSR count). The van der Waals surface area contributed by atoms with Gasteiger partial charge in [-0.15, -0.1) is 0 Å². The van der Waals surface area contributed by atoms with Gasteiger partial charge in [0.15, 0.2) is 0 Å². The van der Waals surface area contributed by atoms with E-state index in [9.17, 15) is 18.4 Å². The van der Waals surface area contributed by atoms with Crippen LogP contribution in [-0.2, 0) is 22.5 Å². The first-order chi connectivity index (χ1) is 8.49. The zero-order valence-corrected chi connectivity index (χ0v) is 9.83. The third-order valence-electron chi connectivity index (χ3n) is 2.29. The number of pyridine rings is 1. The van der Waals surface area contributed by atoms with Crippen molar-refractivity contribution in [1.29, 1.82) is 0 Å². The summed E-state index contributed by atoms with van der Waals surface area (Å²) >= 11 is 0. The second-order valence-electron chi connectivity index (χ2n) is 3.55. The van der Waals surface area contributed by atoms with Crippen LogP contribution in [0.15, 0.2) is 10.9 Å². The predicted octanol–water partition coefficient (Wildman–Crippen LogP) is 0.877. The zero-order valence-electron chi connectivity index (χ0n) is 9.83. The number of hydrogen-bond acceptors (Lipinski definition) is 4. The fourth-order valence-electron chi connectivity index (χ4n) is 1.55. The molecule has 100 valence electrons. The molecule has 0 saturated carbocycles. The number of nitrogens with one attached hydrogen (secondary N) is 1. The highest BCUT2D eigenvalue weighted by molar-refractivity contribution is 5.72. The fourth-order valence-corrected chi connectivity index (χ4v) is 1.55. The molecular formula is C11H14F2N2O3. The summed E-state index contributed by atoms with van der Waals surface area (Å²) in [7, 11) is 0. The van der Waals surface area contributed by atoms with Crippen LogP contribution in [0.2, 0.25) is 0 Å². The summed E-state index contributed by atoms with van der Waals surface area (Å²) in [6.45, 7) is 1.66. The van der Waals surface area contributed by atoms with Crippen LogP contribution in [0.25, 0.3) is 0 Å². The zero-order chi connectivity index (χ0) is 13.7. The molecule has 0 spiro atoms. The minimum absolute atomic E-state index is 0.0352. The number of nitrogens with two attached hydrogens (primary N) is 1. The molecule has 0 aliphatic heterocycles. The number of ether oxygens (including phenoxy) is 1. The number of hydrogen-bond donors (Lipinski definition) is 2. The van der Waals surface area contributed by atoms with Crippen molar-refractivity contribution >= 4 is 5.97 Å². The van der Waals surface area contributed by atoms with Gasteiger partial charge in [-0.1, -0.05) is 0 Å². The van der Waals surface area contributed by atoms with Gasteiger partial charge in [-0.25, -0.2) is 8.78 Å². The smallest absolute Gasteiger partial charge is 0.311 e. The molecule has 0 amide bonds. The van der Waals surface area contributed by atoms with E-state index in [1.807, 2.05) is 0 Å². The van der Waals surface area contributed by atoms with E-state index in [0.717, 1.165) is 0 Å². The normalized spacial score (nSPS) is 10.7. The quantitative estimate of drug-likeness (QED) is 0.769. The lowest BCUT2D eigenvalue weighted by molar-refractivity contribution is -0.142.